The Kier molecular flexibility index (Phi) is 5.96. The van der Waals surface area contributed by atoms with Gasteiger partial charge in [-0.05, 0) is 24.3 Å². The molecule has 2 amide bonds. The third-order valence-corrected chi connectivity index (χ3v) is 3.20. The first-order valence-corrected chi connectivity index (χ1v) is 7.20. The molecule has 0 fully saturated rings. The van der Waals surface area contributed by atoms with Crippen molar-refractivity contribution >= 4 is 23.8 Å². The van der Waals surface area contributed by atoms with Crippen LogP contribution in [0.5, 0.6) is 5.75 Å². The molecule has 2 rings (SSSR count). The summed E-state index contributed by atoms with van der Waals surface area (Å²) >= 11 is 0. The molecule has 124 valence electrons. The van der Waals surface area contributed by atoms with E-state index in [1.165, 1.54) is 13.3 Å². The summed E-state index contributed by atoms with van der Waals surface area (Å²) in [5.41, 5.74) is 1.48. The van der Waals surface area contributed by atoms with Gasteiger partial charge in [-0.1, -0.05) is 30.3 Å². The Hall–Kier alpha value is -3.28. The maximum Gasteiger partial charge on any atom is 0.339 e. The van der Waals surface area contributed by atoms with Crippen molar-refractivity contribution in [3.63, 3.8) is 0 Å². The van der Waals surface area contributed by atoms with Crippen molar-refractivity contribution in [1.82, 2.24) is 5.32 Å². The average Bonchev–Trinajstić information content (AvgIpc) is 2.62. The Morgan fingerprint density at radius 2 is 1.71 bits per heavy atom. The molecule has 2 aromatic carbocycles. The van der Waals surface area contributed by atoms with Gasteiger partial charge in [0.05, 0.1) is 25.5 Å². The Morgan fingerprint density at radius 1 is 1.00 bits per heavy atom. The zero-order valence-corrected chi connectivity index (χ0v) is 13.4. The molecule has 0 aliphatic rings. The van der Waals surface area contributed by atoms with Crippen LogP contribution in [0.3, 0.4) is 0 Å². The summed E-state index contributed by atoms with van der Waals surface area (Å²) in [4.78, 5) is 23.6. The zero-order chi connectivity index (χ0) is 17.4. The number of urea groups is 1. The van der Waals surface area contributed by atoms with Crippen LogP contribution in [0.4, 0.5) is 10.5 Å². The fraction of sp³-hybridized carbons (Fsp3) is 0.111. The lowest BCUT2D eigenvalue weighted by Crippen LogP contribution is -2.25. The molecule has 0 spiro atoms. The summed E-state index contributed by atoms with van der Waals surface area (Å²) in [7, 11) is 2.87. The molecular weight excluding hydrogens is 308 g/mol. The van der Waals surface area contributed by atoms with E-state index in [9.17, 15) is 9.59 Å². The lowest BCUT2D eigenvalue weighted by molar-refractivity contribution is 0.0602. The summed E-state index contributed by atoms with van der Waals surface area (Å²) in [5.74, 6) is 0.183. The predicted molar refractivity (Wildman–Crippen MR) is 92.0 cm³/mol. The maximum atomic E-state index is 12.0. The molecule has 2 N–H and O–H groups in total. The van der Waals surface area contributed by atoms with Crippen molar-refractivity contribution in [2.45, 2.75) is 0 Å². The van der Waals surface area contributed by atoms with E-state index < -0.39 is 12.0 Å². The first-order chi connectivity index (χ1) is 11.7. The molecule has 0 aliphatic heterocycles. The van der Waals surface area contributed by atoms with Gasteiger partial charge in [-0.3, -0.25) is 0 Å². The van der Waals surface area contributed by atoms with Gasteiger partial charge in [-0.15, -0.1) is 0 Å². The molecule has 0 aromatic heterocycles. The van der Waals surface area contributed by atoms with Crippen LogP contribution < -0.4 is 15.4 Å². The number of hydrogen-bond acceptors (Lipinski definition) is 4. The molecule has 6 heteroatoms. The molecular formula is C18H18N2O4. The van der Waals surface area contributed by atoms with Gasteiger partial charge in [-0.25, -0.2) is 9.59 Å². The highest BCUT2D eigenvalue weighted by Crippen LogP contribution is 2.18. The number of methoxy groups -OCH3 is 2. The van der Waals surface area contributed by atoms with Crippen molar-refractivity contribution in [3.8, 4) is 5.75 Å². The van der Waals surface area contributed by atoms with E-state index in [1.807, 2.05) is 24.3 Å². The van der Waals surface area contributed by atoms with Crippen LogP contribution in [-0.2, 0) is 4.74 Å². The van der Waals surface area contributed by atoms with Crippen LogP contribution in [-0.4, -0.2) is 26.2 Å². The third-order valence-electron chi connectivity index (χ3n) is 3.20. The fourth-order valence-electron chi connectivity index (χ4n) is 2.05. The number of carbonyl (C=O) groups is 2. The predicted octanol–water partition coefficient (Wildman–Crippen LogP) is 3.27. The minimum atomic E-state index is -0.518. The Morgan fingerprint density at radius 3 is 2.46 bits per heavy atom. The summed E-state index contributed by atoms with van der Waals surface area (Å²) < 4.78 is 9.91. The van der Waals surface area contributed by atoms with E-state index in [4.69, 9.17) is 4.74 Å². The van der Waals surface area contributed by atoms with Crippen LogP contribution in [0, 0.1) is 0 Å². The second-order valence-electron chi connectivity index (χ2n) is 4.71. The SMILES string of the molecule is COC(=O)c1ccccc1NC(=O)N/C=C/c1ccccc1OC. The topological polar surface area (TPSA) is 76.7 Å². The monoisotopic (exact) mass is 326 g/mol. The minimum Gasteiger partial charge on any atom is -0.496 e. The van der Waals surface area contributed by atoms with Gasteiger partial charge in [0.1, 0.15) is 5.75 Å². The second kappa shape index (κ2) is 8.38. The summed E-state index contributed by atoms with van der Waals surface area (Å²) in [6, 6.07) is 13.5. The number of amides is 2. The number of para-hydroxylation sites is 2. The van der Waals surface area contributed by atoms with Crippen LogP contribution in [0.25, 0.3) is 6.08 Å². The van der Waals surface area contributed by atoms with Crippen molar-refractivity contribution in [3.05, 3.63) is 65.9 Å². The molecule has 0 saturated heterocycles. The van der Waals surface area contributed by atoms with Gasteiger partial charge in [0.2, 0.25) is 0 Å². The normalized spacial score (nSPS) is 10.2. The lowest BCUT2D eigenvalue weighted by Gasteiger charge is -2.09. The van der Waals surface area contributed by atoms with Gasteiger partial charge >= 0.3 is 12.0 Å². The quantitative estimate of drug-likeness (QED) is 0.827. The molecule has 0 atom stereocenters. The number of carbonyl (C=O) groups excluding carboxylic acids is 2. The summed E-state index contributed by atoms with van der Waals surface area (Å²) in [5, 5.41) is 5.18. The highest BCUT2D eigenvalue weighted by Gasteiger charge is 2.12. The number of benzene rings is 2. The molecule has 0 saturated carbocycles. The van der Waals surface area contributed by atoms with E-state index in [2.05, 4.69) is 15.4 Å². The molecule has 2 aromatic rings. The second-order valence-corrected chi connectivity index (χ2v) is 4.71. The molecule has 0 heterocycles. The molecule has 0 aliphatic carbocycles. The van der Waals surface area contributed by atoms with Crippen LogP contribution in [0.1, 0.15) is 15.9 Å². The Labute approximate surface area is 140 Å². The Balaban J connectivity index is 2.02. The third kappa shape index (κ3) is 4.36. The first-order valence-electron chi connectivity index (χ1n) is 7.20. The zero-order valence-electron chi connectivity index (χ0n) is 13.4. The van der Waals surface area contributed by atoms with Gasteiger partial charge < -0.3 is 20.1 Å². The van der Waals surface area contributed by atoms with Crippen LogP contribution in [0.15, 0.2) is 54.7 Å². The minimum absolute atomic E-state index is 0.281. The van der Waals surface area contributed by atoms with Crippen molar-refractivity contribution in [2.75, 3.05) is 19.5 Å². The highest BCUT2D eigenvalue weighted by atomic mass is 16.5. The fourth-order valence-corrected chi connectivity index (χ4v) is 2.05. The smallest absolute Gasteiger partial charge is 0.339 e. The maximum absolute atomic E-state index is 12.0. The number of hydrogen-bond donors (Lipinski definition) is 2. The number of anilines is 1. The van der Waals surface area contributed by atoms with Gasteiger partial charge in [0, 0.05) is 11.8 Å². The summed E-state index contributed by atoms with van der Waals surface area (Å²) in [6.07, 6.45) is 3.21. The first kappa shape index (κ1) is 17.1. The number of esters is 1. The standard InChI is InChI=1S/C18H18N2O4/c1-23-16-10-6-3-7-13(16)11-12-19-18(22)20-15-9-5-4-8-14(15)17(21)24-2/h3-12H,1-2H3,(H2,19,20,22)/b12-11+. The molecule has 0 bridgehead atoms. The van der Waals surface area contributed by atoms with Gasteiger partial charge in [0.25, 0.3) is 0 Å². The van der Waals surface area contributed by atoms with Crippen LogP contribution >= 0.6 is 0 Å². The summed E-state index contributed by atoms with van der Waals surface area (Å²) in [6.45, 7) is 0. The largest absolute Gasteiger partial charge is 0.496 e. The van der Waals surface area contributed by atoms with Crippen molar-refractivity contribution < 1.29 is 19.1 Å². The van der Waals surface area contributed by atoms with E-state index >= 15 is 0 Å². The number of rotatable bonds is 5. The van der Waals surface area contributed by atoms with Gasteiger partial charge in [0.15, 0.2) is 0 Å². The highest BCUT2D eigenvalue weighted by molar-refractivity contribution is 6.01. The number of nitrogens with one attached hydrogen (secondary N) is 2. The Bertz CT molecular complexity index is 756. The molecule has 24 heavy (non-hydrogen) atoms. The van der Waals surface area contributed by atoms with Crippen molar-refractivity contribution in [1.29, 1.82) is 0 Å². The van der Waals surface area contributed by atoms with Crippen LogP contribution in [0.2, 0.25) is 0 Å². The van der Waals surface area contributed by atoms with E-state index in [-0.39, 0.29) is 5.56 Å². The van der Waals surface area contributed by atoms with E-state index in [0.29, 0.717) is 11.4 Å². The molecule has 6 nitrogen and oxygen atoms in total. The van der Waals surface area contributed by atoms with E-state index in [1.54, 1.807) is 37.5 Å². The number of ether oxygens (including phenoxy) is 2. The molecule has 0 radical (unpaired) electrons. The van der Waals surface area contributed by atoms with E-state index in [0.717, 1.165) is 5.56 Å². The average molecular weight is 326 g/mol. The van der Waals surface area contributed by atoms with Crippen molar-refractivity contribution in [2.24, 2.45) is 0 Å². The lowest BCUT2D eigenvalue weighted by atomic mass is 10.2. The molecule has 0 unspecified atom stereocenters. The van der Waals surface area contributed by atoms with Gasteiger partial charge in [-0.2, -0.15) is 0 Å².